The molecule has 0 amide bonds. The summed E-state index contributed by atoms with van der Waals surface area (Å²) >= 11 is 4.71. The molecule has 0 fully saturated rings. The van der Waals surface area contributed by atoms with Crippen LogP contribution in [0.5, 0.6) is 0 Å². The number of Topliss-reactive ketones (excluding diaryl/α,β-unsaturated/α-hetero) is 1. The highest BCUT2D eigenvalue weighted by Crippen LogP contribution is 2.18. The van der Waals surface area contributed by atoms with E-state index in [9.17, 15) is 9.18 Å². The average molecular weight is 340 g/mol. The Hall–Kier alpha value is -1.20. The highest BCUT2D eigenvalue weighted by molar-refractivity contribution is 9.10. The van der Waals surface area contributed by atoms with E-state index in [1.165, 1.54) is 23.9 Å². The lowest BCUT2D eigenvalue weighted by molar-refractivity contribution is -0.116. The molecular weight excluding hydrogens is 329 g/mol. The lowest BCUT2D eigenvalue weighted by atomic mass is 10.1. The minimum Gasteiger partial charge on any atom is -0.298 e. The molecule has 1 aromatic heterocycles. The second kappa shape index (κ2) is 6.82. The summed E-state index contributed by atoms with van der Waals surface area (Å²) in [6.07, 6.45) is 2.02. The van der Waals surface area contributed by atoms with Crippen LogP contribution in [0.3, 0.4) is 0 Å². The van der Waals surface area contributed by atoms with Gasteiger partial charge in [0.1, 0.15) is 11.6 Å². The number of carbonyl (C=O) groups excluding carboxylic acids is 1. The van der Waals surface area contributed by atoms with Gasteiger partial charge in [-0.15, -0.1) is 0 Å². The van der Waals surface area contributed by atoms with Gasteiger partial charge in [-0.3, -0.25) is 4.79 Å². The van der Waals surface area contributed by atoms with Gasteiger partial charge in [0.25, 0.3) is 0 Å². The predicted molar refractivity (Wildman–Crippen MR) is 77.8 cm³/mol. The molecule has 1 aromatic carbocycles. The zero-order valence-corrected chi connectivity index (χ0v) is 12.4. The second-order valence-corrected chi connectivity index (χ2v) is 5.86. The molecule has 2 rings (SSSR count). The first kappa shape index (κ1) is 14.2. The first-order valence-electron chi connectivity index (χ1n) is 5.64. The number of aromatic nitrogens is 1. The van der Waals surface area contributed by atoms with Gasteiger partial charge >= 0.3 is 0 Å². The summed E-state index contributed by atoms with van der Waals surface area (Å²) in [6.45, 7) is 0. The Balaban J connectivity index is 1.84. The van der Waals surface area contributed by atoms with E-state index >= 15 is 0 Å². The van der Waals surface area contributed by atoms with Crippen LogP contribution in [0, 0.1) is 5.82 Å². The third-order valence-corrected chi connectivity index (χ3v) is 3.87. The van der Waals surface area contributed by atoms with Crippen LogP contribution in [-0.4, -0.2) is 16.5 Å². The summed E-state index contributed by atoms with van der Waals surface area (Å²) in [5.41, 5.74) is 0.829. The molecule has 0 atom stereocenters. The second-order valence-electron chi connectivity index (χ2n) is 3.95. The molecular formula is C14H11BrFNOS. The fourth-order valence-corrected chi connectivity index (χ4v) is 2.42. The van der Waals surface area contributed by atoms with Crippen molar-refractivity contribution in [2.45, 2.75) is 11.4 Å². The van der Waals surface area contributed by atoms with E-state index in [4.69, 9.17) is 0 Å². The van der Waals surface area contributed by atoms with Crippen LogP contribution in [0.2, 0.25) is 0 Å². The van der Waals surface area contributed by atoms with Crippen molar-refractivity contribution in [1.82, 2.24) is 4.98 Å². The first-order chi connectivity index (χ1) is 9.13. The number of carbonyl (C=O) groups is 1. The zero-order valence-electron chi connectivity index (χ0n) is 9.98. The Morgan fingerprint density at radius 1 is 1.21 bits per heavy atom. The predicted octanol–water partition coefficient (Wildman–Crippen LogP) is 3.89. The number of hydrogen-bond acceptors (Lipinski definition) is 3. The monoisotopic (exact) mass is 339 g/mol. The SMILES string of the molecule is O=C(CSc1ccc(Br)cn1)Cc1ccc(F)cc1. The molecule has 0 aliphatic rings. The maximum Gasteiger partial charge on any atom is 0.147 e. The molecule has 0 aliphatic heterocycles. The number of benzene rings is 1. The van der Waals surface area contributed by atoms with Crippen LogP contribution >= 0.6 is 27.7 Å². The Labute approximate surface area is 123 Å². The van der Waals surface area contributed by atoms with Crippen LogP contribution in [0.15, 0.2) is 52.1 Å². The first-order valence-corrected chi connectivity index (χ1v) is 7.42. The van der Waals surface area contributed by atoms with Crippen molar-refractivity contribution < 1.29 is 9.18 Å². The Morgan fingerprint density at radius 2 is 1.95 bits per heavy atom. The van der Waals surface area contributed by atoms with E-state index in [1.807, 2.05) is 12.1 Å². The van der Waals surface area contributed by atoms with Gasteiger partial charge in [-0.25, -0.2) is 9.37 Å². The topological polar surface area (TPSA) is 30.0 Å². The third kappa shape index (κ3) is 4.76. The van der Waals surface area contributed by atoms with Gasteiger partial charge in [0.15, 0.2) is 0 Å². The minimum absolute atomic E-state index is 0.0985. The van der Waals surface area contributed by atoms with Crippen molar-refractivity contribution in [1.29, 1.82) is 0 Å². The van der Waals surface area contributed by atoms with E-state index in [-0.39, 0.29) is 11.6 Å². The molecule has 0 radical (unpaired) electrons. The van der Waals surface area contributed by atoms with Crippen LogP contribution < -0.4 is 0 Å². The lowest BCUT2D eigenvalue weighted by Crippen LogP contribution is -2.05. The van der Waals surface area contributed by atoms with Gasteiger partial charge in [0.2, 0.25) is 0 Å². The van der Waals surface area contributed by atoms with Gasteiger partial charge < -0.3 is 0 Å². The lowest BCUT2D eigenvalue weighted by Gasteiger charge is -2.02. The van der Waals surface area contributed by atoms with Gasteiger partial charge in [-0.05, 0) is 45.8 Å². The van der Waals surface area contributed by atoms with Gasteiger partial charge in [0.05, 0.1) is 10.8 Å². The normalized spacial score (nSPS) is 10.4. The zero-order chi connectivity index (χ0) is 13.7. The smallest absolute Gasteiger partial charge is 0.147 e. The van der Waals surface area contributed by atoms with Crippen LogP contribution in [0.4, 0.5) is 4.39 Å². The summed E-state index contributed by atoms with van der Waals surface area (Å²) in [7, 11) is 0. The summed E-state index contributed by atoms with van der Waals surface area (Å²) < 4.78 is 13.6. The molecule has 2 aromatic rings. The van der Waals surface area contributed by atoms with Gasteiger partial charge in [0, 0.05) is 17.1 Å². The fourth-order valence-electron chi connectivity index (χ4n) is 1.48. The van der Waals surface area contributed by atoms with Crippen molar-refractivity contribution in [3.63, 3.8) is 0 Å². The quantitative estimate of drug-likeness (QED) is 0.774. The molecule has 2 nitrogen and oxygen atoms in total. The van der Waals surface area contributed by atoms with Crippen molar-refractivity contribution in [3.05, 3.63) is 58.4 Å². The summed E-state index contributed by atoms with van der Waals surface area (Å²) in [6, 6.07) is 9.75. The fraction of sp³-hybridized carbons (Fsp3) is 0.143. The third-order valence-electron chi connectivity index (χ3n) is 2.40. The number of pyridine rings is 1. The molecule has 98 valence electrons. The van der Waals surface area contributed by atoms with E-state index in [1.54, 1.807) is 18.3 Å². The molecule has 0 aliphatic carbocycles. The van der Waals surface area contributed by atoms with Crippen molar-refractivity contribution in [2.24, 2.45) is 0 Å². The summed E-state index contributed by atoms with van der Waals surface area (Å²) in [5, 5.41) is 0.815. The van der Waals surface area contributed by atoms with E-state index in [0.717, 1.165) is 15.1 Å². The Bertz CT molecular complexity index is 557. The Kier molecular flexibility index (Phi) is 5.10. The summed E-state index contributed by atoms with van der Waals surface area (Å²) in [5.74, 6) is 0.178. The molecule has 19 heavy (non-hydrogen) atoms. The van der Waals surface area contributed by atoms with E-state index in [2.05, 4.69) is 20.9 Å². The van der Waals surface area contributed by atoms with E-state index < -0.39 is 0 Å². The van der Waals surface area contributed by atoms with Gasteiger partial charge in [-0.1, -0.05) is 23.9 Å². The van der Waals surface area contributed by atoms with Gasteiger partial charge in [-0.2, -0.15) is 0 Å². The molecule has 1 heterocycles. The van der Waals surface area contributed by atoms with Crippen LogP contribution in [0.25, 0.3) is 0 Å². The molecule has 0 bridgehead atoms. The molecule has 5 heteroatoms. The average Bonchev–Trinajstić information content (AvgIpc) is 2.41. The number of ketones is 1. The molecule has 0 saturated heterocycles. The summed E-state index contributed by atoms with van der Waals surface area (Å²) in [4.78, 5) is 16.0. The Morgan fingerprint density at radius 3 is 2.58 bits per heavy atom. The number of hydrogen-bond donors (Lipinski definition) is 0. The maximum atomic E-state index is 12.7. The van der Waals surface area contributed by atoms with Crippen molar-refractivity contribution in [3.8, 4) is 0 Å². The molecule has 0 spiro atoms. The number of nitrogens with zero attached hydrogens (tertiary/aromatic N) is 1. The number of halogens is 2. The molecule has 0 unspecified atom stereocenters. The largest absolute Gasteiger partial charge is 0.298 e. The number of thioether (sulfide) groups is 1. The van der Waals surface area contributed by atoms with E-state index in [0.29, 0.717) is 12.2 Å². The number of rotatable bonds is 5. The van der Waals surface area contributed by atoms with Crippen LogP contribution in [-0.2, 0) is 11.2 Å². The maximum absolute atomic E-state index is 12.7. The standard InChI is InChI=1S/C14H11BrFNOS/c15-11-3-6-14(17-8-11)19-9-13(18)7-10-1-4-12(16)5-2-10/h1-6,8H,7,9H2. The minimum atomic E-state index is -0.287. The highest BCUT2D eigenvalue weighted by atomic mass is 79.9. The van der Waals surface area contributed by atoms with Crippen molar-refractivity contribution >= 4 is 33.5 Å². The molecule has 0 saturated carbocycles. The molecule has 0 N–H and O–H groups in total. The van der Waals surface area contributed by atoms with Crippen molar-refractivity contribution in [2.75, 3.05) is 5.75 Å². The highest BCUT2D eigenvalue weighted by Gasteiger charge is 2.06. The van der Waals surface area contributed by atoms with Crippen LogP contribution in [0.1, 0.15) is 5.56 Å².